The number of rotatable bonds is 2. The van der Waals surface area contributed by atoms with Gasteiger partial charge < -0.3 is 9.90 Å². The third-order valence-corrected chi connectivity index (χ3v) is 3.69. The summed E-state index contributed by atoms with van der Waals surface area (Å²) in [6, 6.07) is 5.86. The summed E-state index contributed by atoms with van der Waals surface area (Å²) in [6.45, 7) is 2.06. The average molecular weight is 240 g/mol. The van der Waals surface area contributed by atoms with Gasteiger partial charge in [0.2, 0.25) is 0 Å². The Kier molecular flexibility index (Phi) is 2.54. The average Bonchev–Trinajstić information content (AvgIpc) is 2.82. The summed E-state index contributed by atoms with van der Waals surface area (Å²) in [5.41, 5.74) is 4.08. The van der Waals surface area contributed by atoms with Crippen molar-refractivity contribution in [2.75, 3.05) is 0 Å². The molecule has 18 heavy (non-hydrogen) atoms. The number of carboxylic acids is 1. The molecule has 1 aromatic carbocycles. The van der Waals surface area contributed by atoms with E-state index in [1.165, 1.54) is 0 Å². The van der Waals surface area contributed by atoms with Gasteiger partial charge >= 0.3 is 0 Å². The molecule has 0 unspecified atom stereocenters. The number of hydrogen-bond donors (Lipinski definition) is 0. The third kappa shape index (κ3) is 1.58. The van der Waals surface area contributed by atoms with Crippen LogP contribution in [0.2, 0.25) is 0 Å². The van der Waals surface area contributed by atoms with Gasteiger partial charge in [-0.05, 0) is 48.9 Å². The van der Waals surface area contributed by atoms with Gasteiger partial charge in [-0.2, -0.15) is 0 Å². The Balaban J connectivity index is 2.39. The van der Waals surface area contributed by atoms with Crippen LogP contribution in [0.5, 0.6) is 0 Å². The number of nitrogens with zero attached hydrogens (tertiary/aromatic N) is 1. The van der Waals surface area contributed by atoms with Crippen LogP contribution in [-0.2, 0) is 19.3 Å². The molecule has 0 saturated carbocycles. The van der Waals surface area contributed by atoms with Gasteiger partial charge in [0.15, 0.2) is 0 Å². The van der Waals surface area contributed by atoms with E-state index < -0.39 is 5.97 Å². The lowest BCUT2D eigenvalue weighted by Gasteiger charge is -2.13. The number of aromatic carboxylic acids is 1. The summed E-state index contributed by atoms with van der Waals surface area (Å²) in [6.07, 6.45) is 3.55. The van der Waals surface area contributed by atoms with Crippen molar-refractivity contribution < 1.29 is 9.90 Å². The van der Waals surface area contributed by atoms with Crippen molar-refractivity contribution in [3.8, 4) is 0 Å². The molecule has 0 radical (unpaired) electrons. The zero-order valence-corrected chi connectivity index (χ0v) is 10.3. The summed E-state index contributed by atoms with van der Waals surface area (Å²) in [4.78, 5) is 16.0. The van der Waals surface area contributed by atoms with E-state index in [9.17, 15) is 9.90 Å². The Labute approximate surface area is 105 Å². The Hall–Kier alpha value is -1.90. The van der Waals surface area contributed by atoms with Gasteiger partial charge in [-0.15, -0.1) is 0 Å². The molecule has 1 aliphatic rings. The van der Waals surface area contributed by atoms with Gasteiger partial charge in [0, 0.05) is 16.6 Å². The van der Waals surface area contributed by atoms with E-state index in [0.717, 1.165) is 53.4 Å². The lowest BCUT2D eigenvalue weighted by Crippen LogP contribution is -2.24. The Bertz CT molecular complexity index is 646. The minimum atomic E-state index is -1.08. The van der Waals surface area contributed by atoms with E-state index in [1.54, 1.807) is 0 Å². The topological polar surface area (TPSA) is 53.0 Å². The van der Waals surface area contributed by atoms with Crippen LogP contribution in [0, 0.1) is 0 Å². The van der Waals surface area contributed by atoms with E-state index in [4.69, 9.17) is 0 Å². The van der Waals surface area contributed by atoms with E-state index in [2.05, 4.69) is 11.9 Å². The second-order valence-electron chi connectivity index (χ2n) is 4.76. The third-order valence-electron chi connectivity index (χ3n) is 3.69. The van der Waals surface area contributed by atoms with Crippen molar-refractivity contribution >= 4 is 16.9 Å². The monoisotopic (exact) mass is 240 g/mol. The van der Waals surface area contributed by atoms with Crippen LogP contribution in [0.4, 0.5) is 0 Å². The maximum absolute atomic E-state index is 11.4. The minimum absolute atomic E-state index is 0.364. The van der Waals surface area contributed by atoms with Crippen LogP contribution < -0.4 is 5.11 Å². The first kappa shape index (κ1) is 11.2. The predicted molar refractivity (Wildman–Crippen MR) is 67.5 cm³/mol. The molecule has 92 valence electrons. The number of carboxylic acid groups (broad SMARTS) is 1. The summed E-state index contributed by atoms with van der Waals surface area (Å²) in [7, 11) is 0. The fourth-order valence-corrected chi connectivity index (χ4v) is 2.76. The summed E-state index contributed by atoms with van der Waals surface area (Å²) < 4.78 is 0. The highest BCUT2D eigenvalue weighted by atomic mass is 16.4. The molecule has 0 aliphatic heterocycles. The van der Waals surface area contributed by atoms with Crippen molar-refractivity contribution in [2.45, 2.75) is 32.6 Å². The molecule has 3 heteroatoms. The number of aryl methyl sites for hydroxylation is 2. The number of pyridine rings is 1. The van der Waals surface area contributed by atoms with Crippen LogP contribution in [0.25, 0.3) is 10.9 Å². The summed E-state index contributed by atoms with van der Waals surface area (Å²) >= 11 is 0. The molecular formula is C15H14NO2-. The Morgan fingerprint density at radius 2 is 2.22 bits per heavy atom. The smallest absolute Gasteiger partial charge is 0.0725 e. The minimum Gasteiger partial charge on any atom is -0.545 e. The molecule has 0 N–H and O–H groups in total. The number of hydrogen-bond acceptors (Lipinski definition) is 3. The van der Waals surface area contributed by atoms with Crippen molar-refractivity contribution in [1.82, 2.24) is 4.98 Å². The highest BCUT2D eigenvalue weighted by Gasteiger charge is 2.20. The molecular weight excluding hydrogens is 226 g/mol. The number of benzene rings is 1. The number of aromatic nitrogens is 1. The van der Waals surface area contributed by atoms with Gasteiger partial charge in [-0.1, -0.05) is 13.0 Å². The lowest BCUT2D eigenvalue weighted by atomic mass is 9.99. The molecule has 0 fully saturated rings. The summed E-state index contributed by atoms with van der Waals surface area (Å²) in [5.74, 6) is -1.08. The first-order valence-corrected chi connectivity index (χ1v) is 6.36. The fourth-order valence-electron chi connectivity index (χ4n) is 2.76. The normalized spacial score (nSPS) is 13.8. The lowest BCUT2D eigenvalue weighted by molar-refractivity contribution is -0.254. The zero-order chi connectivity index (χ0) is 12.7. The van der Waals surface area contributed by atoms with Crippen LogP contribution in [0.1, 0.15) is 40.5 Å². The summed E-state index contributed by atoms with van der Waals surface area (Å²) in [5, 5.41) is 12.2. The van der Waals surface area contributed by atoms with E-state index in [0.29, 0.717) is 5.56 Å². The highest BCUT2D eigenvalue weighted by molar-refractivity contribution is 6.03. The molecule has 3 rings (SSSR count). The Morgan fingerprint density at radius 1 is 1.39 bits per heavy atom. The maximum atomic E-state index is 11.4. The fraction of sp³-hybridized carbons (Fsp3) is 0.333. The zero-order valence-electron chi connectivity index (χ0n) is 10.3. The molecule has 1 heterocycles. The molecule has 0 saturated heterocycles. The highest BCUT2D eigenvalue weighted by Crippen LogP contribution is 2.30. The van der Waals surface area contributed by atoms with Crippen molar-refractivity contribution in [3.63, 3.8) is 0 Å². The van der Waals surface area contributed by atoms with Crippen molar-refractivity contribution in [1.29, 1.82) is 0 Å². The standard InChI is InChI=1S/C15H15NO2/c1-2-9-6-7-13-11(8-9)14(15(17)18)10-4-3-5-12(10)16-13/h6-8H,2-5H2,1H3,(H,17,18)/p-1. The molecule has 0 bridgehead atoms. The first-order valence-electron chi connectivity index (χ1n) is 6.36. The van der Waals surface area contributed by atoms with Crippen LogP contribution in [-0.4, -0.2) is 11.0 Å². The SMILES string of the molecule is CCc1ccc2nc3c(c(C(=O)[O-])c2c1)CCC3. The second kappa shape index (κ2) is 4.09. The molecule has 0 spiro atoms. The quantitative estimate of drug-likeness (QED) is 0.802. The van der Waals surface area contributed by atoms with Crippen molar-refractivity contribution in [2.24, 2.45) is 0 Å². The molecule has 2 aromatic rings. The largest absolute Gasteiger partial charge is 0.545 e. The number of fused-ring (bicyclic) bond motifs is 2. The maximum Gasteiger partial charge on any atom is 0.0725 e. The molecule has 0 atom stereocenters. The first-order chi connectivity index (χ1) is 8.70. The van der Waals surface area contributed by atoms with Gasteiger partial charge in [0.05, 0.1) is 11.5 Å². The van der Waals surface area contributed by atoms with Gasteiger partial charge in [0.1, 0.15) is 0 Å². The van der Waals surface area contributed by atoms with E-state index in [1.807, 2.05) is 18.2 Å². The van der Waals surface area contributed by atoms with E-state index >= 15 is 0 Å². The second-order valence-corrected chi connectivity index (χ2v) is 4.76. The van der Waals surface area contributed by atoms with Crippen LogP contribution >= 0.6 is 0 Å². The van der Waals surface area contributed by atoms with Gasteiger partial charge in [0.25, 0.3) is 0 Å². The molecule has 1 aliphatic carbocycles. The van der Waals surface area contributed by atoms with Gasteiger partial charge in [-0.25, -0.2) is 0 Å². The van der Waals surface area contributed by atoms with Crippen LogP contribution in [0.3, 0.4) is 0 Å². The predicted octanol–water partition coefficient (Wildman–Crippen LogP) is 1.65. The number of carbonyl (C=O) groups excluding carboxylic acids is 1. The Morgan fingerprint density at radius 3 is 2.94 bits per heavy atom. The number of carbonyl (C=O) groups is 1. The van der Waals surface area contributed by atoms with Crippen LogP contribution in [0.15, 0.2) is 18.2 Å². The van der Waals surface area contributed by atoms with E-state index in [-0.39, 0.29) is 0 Å². The molecule has 0 amide bonds. The molecule has 1 aromatic heterocycles. The van der Waals surface area contributed by atoms with Gasteiger partial charge in [-0.3, -0.25) is 4.98 Å². The van der Waals surface area contributed by atoms with Crippen molar-refractivity contribution in [3.05, 3.63) is 40.6 Å². The molecule has 3 nitrogen and oxygen atoms in total.